The quantitative estimate of drug-likeness (QED) is 0.801. The number of hydrogen-bond acceptors (Lipinski definition) is 4. The summed E-state index contributed by atoms with van der Waals surface area (Å²) in [6.45, 7) is 4.25. The smallest absolute Gasteiger partial charge is 0.183 e. The summed E-state index contributed by atoms with van der Waals surface area (Å²) in [6.07, 6.45) is -0.271. The SMILES string of the molecule is COC(OC)c1ccc(N2CCNCC2)cc1. The van der Waals surface area contributed by atoms with Gasteiger partial charge in [0.25, 0.3) is 0 Å². The Balaban J connectivity index is 2.06. The molecule has 0 radical (unpaired) electrons. The Morgan fingerprint density at radius 1 is 1.06 bits per heavy atom. The van der Waals surface area contributed by atoms with Crippen LogP contribution in [-0.2, 0) is 9.47 Å². The van der Waals surface area contributed by atoms with E-state index in [1.165, 1.54) is 5.69 Å². The second kappa shape index (κ2) is 6.00. The van der Waals surface area contributed by atoms with Crippen LogP contribution in [0.25, 0.3) is 0 Å². The first kappa shape index (κ1) is 12.4. The zero-order valence-electron chi connectivity index (χ0n) is 10.5. The van der Waals surface area contributed by atoms with Gasteiger partial charge in [-0.3, -0.25) is 0 Å². The van der Waals surface area contributed by atoms with Gasteiger partial charge in [-0.25, -0.2) is 0 Å². The molecule has 0 aliphatic carbocycles. The van der Waals surface area contributed by atoms with E-state index in [1.807, 2.05) is 0 Å². The Hall–Kier alpha value is -1.10. The minimum absolute atomic E-state index is 0.271. The van der Waals surface area contributed by atoms with Crippen LogP contribution >= 0.6 is 0 Å². The summed E-state index contributed by atoms with van der Waals surface area (Å²) < 4.78 is 10.5. The largest absolute Gasteiger partial charge is 0.369 e. The fraction of sp³-hybridized carbons (Fsp3) is 0.538. The predicted octanol–water partition coefficient (Wildman–Crippen LogP) is 1.39. The van der Waals surface area contributed by atoms with Crippen molar-refractivity contribution in [2.75, 3.05) is 45.3 Å². The third-order valence-electron chi connectivity index (χ3n) is 3.08. The maximum Gasteiger partial charge on any atom is 0.183 e. The van der Waals surface area contributed by atoms with E-state index >= 15 is 0 Å². The normalized spacial score (nSPS) is 16.5. The molecule has 0 unspecified atom stereocenters. The first-order valence-electron chi connectivity index (χ1n) is 5.96. The molecule has 4 nitrogen and oxygen atoms in total. The summed E-state index contributed by atoms with van der Waals surface area (Å²) in [5.41, 5.74) is 2.31. The summed E-state index contributed by atoms with van der Waals surface area (Å²) in [7, 11) is 3.30. The topological polar surface area (TPSA) is 33.7 Å². The summed E-state index contributed by atoms with van der Waals surface area (Å²) in [6, 6.07) is 8.39. The van der Waals surface area contributed by atoms with Crippen molar-refractivity contribution in [3.63, 3.8) is 0 Å². The molecule has 1 saturated heterocycles. The standard InChI is InChI=1S/C13H20N2O2/c1-16-13(17-2)11-3-5-12(6-4-11)15-9-7-14-8-10-15/h3-6,13-14H,7-10H2,1-2H3. The molecule has 1 fully saturated rings. The molecule has 1 aliphatic heterocycles. The van der Waals surface area contributed by atoms with Crippen LogP contribution in [0.3, 0.4) is 0 Å². The molecule has 0 amide bonds. The molecule has 1 aromatic carbocycles. The van der Waals surface area contributed by atoms with Crippen molar-refractivity contribution in [3.8, 4) is 0 Å². The lowest BCUT2D eigenvalue weighted by atomic mass is 10.1. The van der Waals surface area contributed by atoms with Crippen LogP contribution in [0.4, 0.5) is 5.69 Å². The van der Waals surface area contributed by atoms with Crippen molar-refractivity contribution in [1.82, 2.24) is 5.32 Å². The summed E-state index contributed by atoms with van der Waals surface area (Å²) in [4.78, 5) is 2.38. The number of methoxy groups -OCH3 is 2. The summed E-state index contributed by atoms with van der Waals surface area (Å²) in [5, 5.41) is 3.35. The molecular formula is C13H20N2O2. The second-order valence-electron chi connectivity index (χ2n) is 4.13. The molecule has 1 heterocycles. The van der Waals surface area contributed by atoms with Gasteiger partial charge in [-0.2, -0.15) is 0 Å². The number of rotatable bonds is 4. The van der Waals surface area contributed by atoms with Gasteiger partial charge in [0.2, 0.25) is 0 Å². The number of hydrogen-bond donors (Lipinski definition) is 1. The molecule has 1 aromatic rings. The Bertz CT molecular complexity index is 330. The molecule has 1 aliphatic rings. The van der Waals surface area contributed by atoms with Crippen molar-refractivity contribution in [2.45, 2.75) is 6.29 Å². The molecule has 17 heavy (non-hydrogen) atoms. The van der Waals surface area contributed by atoms with Crippen LogP contribution in [0.15, 0.2) is 24.3 Å². The molecule has 0 saturated carbocycles. The second-order valence-corrected chi connectivity index (χ2v) is 4.13. The molecule has 4 heteroatoms. The minimum atomic E-state index is -0.271. The van der Waals surface area contributed by atoms with Gasteiger partial charge in [0.1, 0.15) is 0 Å². The molecule has 0 spiro atoms. The lowest BCUT2D eigenvalue weighted by Gasteiger charge is -2.29. The van der Waals surface area contributed by atoms with E-state index in [2.05, 4.69) is 34.5 Å². The van der Waals surface area contributed by atoms with E-state index in [1.54, 1.807) is 14.2 Å². The first-order chi connectivity index (χ1) is 8.35. The van der Waals surface area contributed by atoms with Crippen molar-refractivity contribution < 1.29 is 9.47 Å². The zero-order valence-corrected chi connectivity index (χ0v) is 10.5. The molecule has 94 valence electrons. The lowest BCUT2D eigenvalue weighted by Crippen LogP contribution is -2.43. The third kappa shape index (κ3) is 2.97. The third-order valence-corrected chi connectivity index (χ3v) is 3.08. The monoisotopic (exact) mass is 236 g/mol. The summed E-state index contributed by atoms with van der Waals surface area (Å²) >= 11 is 0. The number of benzene rings is 1. The number of anilines is 1. The van der Waals surface area contributed by atoms with Crippen LogP contribution in [0, 0.1) is 0 Å². The van der Waals surface area contributed by atoms with Crippen molar-refractivity contribution >= 4 is 5.69 Å². The first-order valence-corrected chi connectivity index (χ1v) is 5.96. The fourth-order valence-corrected chi connectivity index (χ4v) is 2.13. The average Bonchev–Trinajstić information content (AvgIpc) is 2.42. The highest BCUT2D eigenvalue weighted by molar-refractivity contribution is 5.48. The van der Waals surface area contributed by atoms with Crippen molar-refractivity contribution in [1.29, 1.82) is 0 Å². The van der Waals surface area contributed by atoms with Gasteiger partial charge in [0.15, 0.2) is 6.29 Å². The molecular weight excluding hydrogens is 216 g/mol. The van der Waals surface area contributed by atoms with Gasteiger partial charge in [-0.15, -0.1) is 0 Å². The summed E-state index contributed by atoms with van der Waals surface area (Å²) in [5.74, 6) is 0. The van der Waals surface area contributed by atoms with Gasteiger partial charge in [0, 0.05) is 51.6 Å². The fourth-order valence-electron chi connectivity index (χ4n) is 2.13. The lowest BCUT2D eigenvalue weighted by molar-refractivity contribution is -0.106. The number of nitrogens with one attached hydrogen (secondary N) is 1. The minimum Gasteiger partial charge on any atom is -0.369 e. The van der Waals surface area contributed by atoms with Crippen LogP contribution < -0.4 is 10.2 Å². The molecule has 0 atom stereocenters. The van der Waals surface area contributed by atoms with Crippen molar-refractivity contribution in [3.05, 3.63) is 29.8 Å². The van der Waals surface area contributed by atoms with Gasteiger partial charge in [0.05, 0.1) is 0 Å². The molecule has 1 N–H and O–H groups in total. The van der Waals surface area contributed by atoms with Crippen LogP contribution in [0.5, 0.6) is 0 Å². The molecule has 2 rings (SSSR count). The van der Waals surface area contributed by atoms with Crippen LogP contribution in [-0.4, -0.2) is 40.4 Å². The van der Waals surface area contributed by atoms with Gasteiger partial charge < -0.3 is 19.7 Å². The van der Waals surface area contributed by atoms with Gasteiger partial charge >= 0.3 is 0 Å². The maximum absolute atomic E-state index is 5.23. The van der Waals surface area contributed by atoms with E-state index in [0.717, 1.165) is 31.7 Å². The number of piperazine rings is 1. The van der Waals surface area contributed by atoms with E-state index in [-0.39, 0.29) is 6.29 Å². The average molecular weight is 236 g/mol. The highest BCUT2D eigenvalue weighted by Gasteiger charge is 2.12. The Kier molecular flexibility index (Phi) is 4.36. The van der Waals surface area contributed by atoms with E-state index in [0.29, 0.717) is 0 Å². The zero-order chi connectivity index (χ0) is 12.1. The highest BCUT2D eigenvalue weighted by atomic mass is 16.7. The van der Waals surface area contributed by atoms with E-state index in [4.69, 9.17) is 9.47 Å². The Morgan fingerprint density at radius 3 is 2.18 bits per heavy atom. The maximum atomic E-state index is 5.23. The Labute approximate surface area is 103 Å². The predicted molar refractivity (Wildman–Crippen MR) is 68.3 cm³/mol. The Morgan fingerprint density at radius 2 is 1.65 bits per heavy atom. The van der Waals surface area contributed by atoms with E-state index in [9.17, 15) is 0 Å². The molecule has 0 bridgehead atoms. The molecule has 0 aromatic heterocycles. The van der Waals surface area contributed by atoms with E-state index < -0.39 is 0 Å². The van der Waals surface area contributed by atoms with Crippen LogP contribution in [0.2, 0.25) is 0 Å². The van der Waals surface area contributed by atoms with Gasteiger partial charge in [-0.05, 0) is 12.1 Å². The van der Waals surface area contributed by atoms with Crippen LogP contribution in [0.1, 0.15) is 11.9 Å². The van der Waals surface area contributed by atoms with Crippen molar-refractivity contribution in [2.24, 2.45) is 0 Å². The number of ether oxygens (including phenoxy) is 2. The number of nitrogens with zero attached hydrogens (tertiary/aromatic N) is 1. The van der Waals surface area contributed by atoms with Gasteiger partial charge in [-0.1, -0.05) is 12.1 Å². The highest BCUT2D eigenvalue weighted by Crippen LogP contribution is 2.21.